The van der Waals surface area contributed by atoms with Gasteiger partial charge in [0.2, 0.25) is 11.0 Å². The van der Waals surface area contributed by atoms with Gasteiger partial charge in [0.25, 0.3) is 0 Å². The molecule has 0 radical (unpaired) electrons. The molecule has 1 aliphatic heterocycles. The molecule has 5 nitrogen and oxygen atoms in total. The largest absolute Gasteiger partial charge is 0.448 e. The summed E-state index contributed by atoms with van der Waals surface area (Å²) < 4.78 is 6.34. The molecule has 2 heterocycles. The zero-order valence-corrected chi connectivity index (χ0v) is 18.2. The van der Waals surface area contributed by atoms with Crippen molar-refractivity contribution < 1.29 is 4.74 Å². The summed E-state index contributed by atoms with van der Waals surface area (Å²) >= 11 is 1.55. The maximum atomic E-state index is 6.34. The lowest BCUT2D eigenvalue weighted by Crippen LogP contribution is -2.17. The number of ether oxygens (including phenoxy) is 1. The summed E-state index contributed by atoms with van der Waals surface area (Å²) in [5.41, 5.74) is 7.23. The van der Waals surface area contributed by atoms with Crippen LogP contribution in [0.15, 0.2) is 78.0 Å². The predicted octanol–water partition coefficient (Wildman–Crippen LogP) is 5.95. The van der Waals surface area contributed by atoms with Crippen molar-refractivity contribution in [2.75, 3.05) is 5.32 Å². The third kappa shape index (κ3) is 4.25. The van der Waals surface area contributed by atoms with Gasteiger partial charge in [0.05, 0.1) is 0 Å². The highest BCUT2D eigenvalue weighted by atomic mass is 32.2. The number of aromatic nitrogens is 3. The van der Waals surface area contributed by atoms with Gasteiger partial charge in [0.15, 0.2) is 11.9 Å². The molecule has 4 aromatic rings. The number of hydrogen-bond acceptors (Lipinski definition) is 6. The number of hydrogen-bond donors (Lipinski definition) is 1. The zero-order chi connectivity index (χ0) is 21.2. The van der Waals surface area contributed by atoms with Gasteiger partial charge in [-0.15, -0.1) is 10.2 Å². The van der Waals surface area contributed by atoms with Crippen LogP contribution in [-0.2, 0) is 5.75 Å². The Balaban J connectivity index is 1.47. The number of rotatable bonds is 4. The average molecular weight is 427 g/mol. The zero-order valence-electron chi connectivity index (χ0n) is 17.4. The van der Waals surface area contributed by atoms with Gasteiger partial charge in [-0.3, -0.25) is 0 Å². The van der Waals surface area contributed by atoms with Crippen LogP contribution in [0.4, 0.5) is 5.69 Å². The molecule has 0 aliphatic carbocycles. The van der Waals surface area contributed by atoms with Crippen LogP contribution in [0.25, 0.3) is 11.3 Å². The van der Waals surface area contributed by atoms with Crippen molar-refractivity contribution in [2.24, 2.45) is 0 Å². The smallest absolute Gasteiger partial charge is 0.247 e. The van der Waals surface area contributed by atoms with Crippen LogP contribution in [0.1, 0.15) is 28.5 Å². The molecular formula is C25H22N4OS. The number of para-hydroxylation sites is 1. The van der Waals surface area contributed by atoms with E-state index in [2.05, 4.69) is 77.9 Å². The fourth-order valence-corrected chi connectivity index (χ4v) is 4.17. The fraction of sp³-hybridized carbons (Fsp3) is 0.160. The van der Waals surface area contributed by atoms with E-state index in [4.69, 9.17) is 9.72 Å². The number of thioether (sulfide) groups is 1. The SMILES string of the molecule is Cc1ccc(CSc2nnc3c(n2)OC(c2ccc(C)cc2)Nc2ccccc2-3)cc1. The van der Waals surface area contributed by atoms with E-state index in [9.17, 15) is 0 Å². The second kappa shape index (κ2) is 8.40. The average Bonchev–Trinajstić information content (AvgIpc) is 2.96. The Hall–Kier alpha value is -3.38. The standard InChI is InChI=1S/C25H22N4OS/c1-16-7-11-18(12-8-16)15-31-25-27-24-22(28-29-25)20-5-3-4-6-21(20)26-23(30-24)19-13-9-17(2)10-14-19/h3-14,23,26H,15H2,1-2H3. The molecule has 6 heteroatoms. The van der Waals surface area contributed by atoms with E-state index >= 15 is 0 Å². The van der Waals surface area contributed by atoms with Gasteiger partial charge < -0.3 is 10.1 Å². The van der Waals surface area contributed by atoms with Crippen LogP contribution in [0, 0.1) is 13.8 Å². The van der Waals surface area contributed by atoms with Crippen LogP contribution >= 0.6 is 11.8 Å². The minimum Gasteiger partial charge on any atom is -0.448 e. The van der Waals surface area contributed by atoms with E-state index in [1.165, 1.54) is 16.7 Å². The first kappa shape index (κ1) is 19.6. The van der Waals surface area contributed by atoms with Crippen molar-refractivity contribution in [3.8, 4) is 17.1 Å². The second-order valence-corrected chi connectivity index (χ2v) is 8.56. The predicted molar refractivity (Wildman–Crippen MR) is 124 cm³/mol. The van der Waals surface area contributed by atoms with E-state index in [0.717, 1.165) is 22.6 Å². The van der Waals surface area contributed by atoms with E-state index < -0.39 is 0 Å². The Kier molecular flexibility index (Phi) is 5.30. The van der Waals surface area contributed by atoms with Crippen LogP contribution in [0.2, 0.25) is 0 Å². The molecule has 3 aromatic carbocycles. The molecule has 1 atom stereocenters. The van der Waals surface area contributed by atoms with Gasteiger partial charge in [0.1, 0.15) is 0 Å². The third-order valence-electron chi connectivity index (χ3n) is 5.20. The highest BCUT2D eigenvalue weighted by molar-refractivity contribution is 7.98. The quantitative estimate of drug-likeness (QED) is 0.407. The van der Waals surface area contributed by atoms with Crippen molar-refractivity contribution in [3.05, 3.63) is 95.1 Å². The highest BCUT2D eigenvalue weighted by Gasteiger charge is 2.25. The number of nitrogens with zero attached hydrogens (tertiary/aromatic N) is 3. The Bertz CT molecular complexity index is 1210. The summed E-state index contributed by atoms with van der Waals surface area (Å²) in [6, 6.07) is 24.8. The minimum absolute atomic E-state index is 0.366. The Morgan fingerprint density at radius 1 is 0.871 bits per heavy atom. The van der Waals surface area contributed by atoms with Crippen molar-refractivity contribution >= 4 is 17.4 Å². The summed E-state index contributed by atoms with van der Waals surface area (Å²) in [5.74, 6) is 1.26. The Labute approximate surface area is 185 Å². The first-order valence-corrected chi connectivity index (χ1v) is 11.2. The van der Waals surface area contributed by atoms with Gasteiger partial charge in [0, 0.05) is 22.6 Å². The van der Waals surface area contributed by atoms with E-state index in [0.29, 0.717) is 16.7 Å². The minimum atomic E-state index is -0.366. The van der Waals surface area contributed by atoms with Gasteiger partial charge in [-0.25, -0.2) is 0 Å². The molecular weight excluding hydrogens is 404 g/mol. The van der Waals surface area contributed by atoms with E-state index in [1.54, 1.807) is 11.8 Å². The monoisotopic (exact) mass is 426 g/mol. The topological polar surface area (TPSA) is 59.9 Å². The lowest BCUT2D eigenvalue weighted by molar-refractivity contribution is 0.225. The molecule has 5 rings (SSSR count). The van der Waals surface area contributed by atoms with Crippen LogP contribution in [-0.4, -0.2) is 15.2 Å². The second-order valence-electron chi connectivity index (χ2n) is 7.62. The summed E-state index contributed by atoms with van der Waals surface area (Å²) in [5, 5.41) is 12.9. The van der Waals surface area contributed by atoms with Crippen molar-refractivity contribution in [2.45, 2.75) is 31.0 Å². The molecule has 0 saturated carbocycles. The third-order valence-corrected chi connectivity index (χ3v) is 6.11. The van der Waals surface area contributed by atoms with E-state index in [-0.39, 0.29) is 6.23 Å². The molecule has 1 aromatic heterocycles. The summed E-state index contributed by atoms with van der Waals surface area (Å²) in [7, 11) is 0. The van der Waals surface area contributed by atoms with E-state index in [1.807, 2.05) is 24.3 Å². The first-order chi connectivity index (χ1) is 15.2. The lowest BCUT2D eigenvalue weighted by atomic mass is 10.1. The Morgan fingerprint density at radius 3 is 2.35 bits per heavy atom. The van der Waals surface area contributed by atoms with Crippen molar-refractivity contribution in [1.29, 1.82) is 0 Å². The lowest BCUT2D eigenvalue weighted by Gasteiger charge is -2.19. The van der Waals surface area contributed by atoms with Gasteiger partial charge in [-0.2, -0.15) is 4.98 Å². The maximum absolute atomic E-state index is 6.34. The van der Waals surface area contributed by atoms with Crippen LogP contribution in [0.5, 0.6) is 5.88 Å². The molecule has 0 amide bonds. The molecule has 31 heavy (non-hydrogen) atoms. The molecule has 1 N–H and O–H groups in total. The van der Waals surface area contributed by atoms with Crippen LogP contribution in [0.3, 0.4) is 0 Å². The maximum Gasteiger partial charge on any atom is 0.247 e. The molecule has 0 fully saturated rings. The summed E-state index contributed by atoms with van der Waals surface area (Å²) in [4.78, 5) is 4.73. The fourth-order valence-electron chi connectivity index (χ4n) is 3.43. The molecule has 0 bridgehead atoms. The van der Waals surface area contributed by atoms with Gasteiger partial charge in [-0.05, 0) is 25.5 Å². The molecule has 1 unspecified atom stereocenters. The number of anilines is 1. The number of aryl methyl sites for hydroxylation is 2. The molecule has 1 aliphatic rings. The normalized spacial score (nSPS) is 14.6. The van der Waals surface area contributed by atoms with Crippen LogP contribution < -0.4 is 10.1 Å². The first-order valence-electron chi connectivity index (χ1n) is 10.2. The van der Waals surface area contributed by atoms with Gasteiger partial charge >= 0.3 is 0 Å². The molecule has 0 saturated heterocycles. The highest BCUT2D eigenvalue weighted by Crippen LogP contribution is 2.39. The number of fused-ring (bicyclic) bond motifs is 3. The van der Waals surface area contributed by atoms with Gasteiger partial charge in [-0.1, -0.05) is 89.6 Å². The van der Waals surface area contributed by atoms with Crippen molar-refractivity contribution in [1.82, 2.24) is 15.2 Å². The Morgan fingerprint density at radius 2 is 1.58 bits per heavy atom. The number of nitrogens with one attached hydrogen (secondary N) is 1. The summed E-state index contributed by atoms with van der Waals surface area (Å²) in [6.45, 7) is 4.16. The molecule has 0 spiro atoms. The van der Waals surface area contributed by atoms with Crippen molar-refractivity contribution in [3.63, 3.8) is 0 Å². The molecule has 154 valence electrons. The number of benzene rings is 3. The summed E-state index contributed by atoms with van der Waals surface area (Å²) in [6.07, 6.45) is -0.366.